The number of thiophene rings is 1. The van der Waals surface area contributed by atoms with Crippen molar-refractivity contribution in [2.45, 2.75) is 19.0 Å². The van der Waals surface area contributed by atoms with Gasteiger partial charge in [0.05, 0.1) is 7.11 Å². The Labute approximate surface area is 122 Å². The number of carbonyl (C=O) groups excluding carboxylic acids is 1. The molecule has 0 fully saturated rings. The van der Waals surface area contributed by atoms with Gasteiger partial charge >= 0.3 is 0 Å². The summed E-state index contributed by atoms with van der Waals surface area (Å²) >= 11 is 1.63. The Morgan fingerprint density at radius 3 is 2.70 bits per heavy atom. The van der Waals surface area contributed by atoms with Gasteiger partial charge in [-0.2, -0.15) is 0 Å². The van der Waals surface area contributed by atoms with Crippen molar-refractivity contribution >= 4 is 17.2 Å². The number of primary amides is 1. The lowest BCUT2D eigenvalue weighted by Gasteiger charge is -2.29. The third-order valence-electron chi connectivity index (χ3n) is 3.33. The van der Waals surface area contributed by atoms with Crippen LogP contribution in [0.4, 0.5) is 0 Å². The number of benzene rings is 1. The van der Waals surface area contributed by atoms with E-state index in [9.17, 15) is 4.79 Å². The average molecular weight is 290 g/mol. The van der Waals surface area contributed by atoms with E-state index in [1.165, 1.54) is 0 Å². The molecule has 2 rings (SSSR count). The minimum atomic E-state index is -0.976. The molecule has 20 heavy (non-hydrogen) atoms. The standard InChI is InChI=1S/C15H18N2O2S/c1-15(14(16)18,17-10-11-6-5-9-20-11)12-7-3-4-8-13(12)19-2/h3-9,17H,10H2,1-2H3,(H2,16,18). The van der Waals surface area contributed by atoms with E-state index in [1.54, 1.807) is 25.4 Å². The fraction of sp³-hybridized carbons (Fsp3) is 0.267. The van der Waals surface area contributed by atoms with Gasteiger partial charge in [-0.15, -0.1) is 11.3 Å². The van der Waals surface area contributed by atoms with E-state index in [-0.39, 0.29) is 0 Å². The Morgan fingerprint density at radius 2 is 2.10 bits per heavy atom. The number of nitrogens with two attached hydrogens (primary N) is 1. The molecule has 1 unspecified atom stereocenters. The molecule has 0 saturated carbocycles. The maximum atomic E-state index is 12.0. The van der Waals surface area contributed by atoms with Crippen molar-refractivity contribution in [2.75, 3.05) is 7.11 Å². The first-order valence-electron chi connectivity index (χ1n) is 6.28. The molecular formula is C15H18N2O2S. The van der Waals surface area contributed by atoms with Crippen molar-refractivity contribution < 1.29 is 9.53 Å². The Morgan fingerprint density at radius 1 is 1.35 bits per heavy atom. The maximum Gasteiger partial charge on any atom is 0.242 e. The summed E-state index contributed by atoms with van der Waals surface area (Å²) < 4.78 is 5.33. The molecule has 0 aliphatic heterocycles. The van der Waals surface area contributed by atoms with Crippen LogP contribution in [0.2, 0.25) is 0 Å². The lowest BCUT2D eigenvalue weighted by atomic mass is 9.90. The van der Waals surface area contributed by atoms with E-state index < -0.39 is 11.4 Å². The Bertz CT molecular complexity index is 583. The zero-order valence-electron chi connectivity index (χ0n) is 11.6. The largest absolute Gasteiger partial charge is 0.496 e. The molecule has 1 amide bonds. The van der Waals surface area contributed by atoms with Crippen LogP contribution in [0, 0.1) is 0 Å². The van der Waals surface area contributed by atoms with Gasteiger partial charge in [-0.05, 0) is 24.4 Å². The summed E-state index contributed by atoms with van der Waals surface area (Å²) in [7, 11) is 1.58. The van der Waals surface area contributed by atoms with Crippen molar-refractivity contribution in [3.63, 3.8) is 0 Å². The number of ether oxygens (including phenoxy) is 1. The number of nitrogens with one attached hydrogen (secondary N) is 1. The summed E-state index contributed by atoms with van der Waals surface area (Å²) in [6.07, 6.45) is 0. The molecule has 3 N–H and O–H groups in total. The number of hydrogen-bond donors (Lipinski definition) is 2. The Hall–Kier alpha value is -1.85. The lowest BCUT2D eigenvalue weighted by molar-refractivity contribution is -0.124. The van der Waals surface area contributed by atoms with Crippen LogP contribution in [0.1, 0.15) is 17.4 Å². The second-order valence-corrected chi connectivity index (χ2v) is 5.65. The molecule has 1 aromatic carbocycles. The van der Waals surface area contributed by atoms with Gasteiger partial charge in [-0.1, -0.05) is 24.3 Å². The highest BCUT2D eigenvalue weighted by atomic mass is 32.1. The number of para-hydroxylation sites is 1. The second kappa shape index (κ2) is 6.07. The number of hydrogen-bond acceptors (Lipinski definition) is 4. The Balaban J connectivity index is 2.31. The van der Waals surface area contributed by atoms with Crippen molar-refractivity contribution in [3.05, 3.63) is 52.2 Å². The highest BCUT2D eigenvalue weighted by Gasteiger charge is 2.35. The molecule has 1 atom stereocenters. The maximum absolute atomic E-state index is 12.0. The SMILES string of the molecule is COc1ccccc1C(C)(NCc1cccs1)C(N)=O. The van der Waals surface area contributed by atoms with Crippen molar-refractivity contribution in [2.24, 2.45) is 5.73 Å². The first-order valence-corrected chi connectivity index (χ1v) is 7.16. The summed E-state index contributed by atoms with van der Waals surface area (Å²) in [5, 5.41) is 5.25. The molecule has 2 aromatic rings. The zero-order chi connectivity index (χ0) is 14.6. The molecule has 0 aliphatic carbocycles. The molecule has 1 heterocycles. The molecule has 5 heteroatoms. The van der Waals surface area contributed by atoms with E-state index in [1.807, 2.05) is 41.8 Å². The van der Waals surface area contributed by atoms with Crippen LogP contribution in [0.5, 0.6) is 5.75 Å². The topological polar surface area (TPSA) is 64.3 Å². The van der Waals surface area contributed by atoms with Crippen molar-refractivity contribution in [3.8, 4) is 5.75 Å². The normalized spacial score (nSPS) is 13.7. The predicted molar refractivity (Wildman–Crippen MR) is 80.7 cm³/mol. The second-order valence-electron chi connectivity index (χ2n) is 4.62. The molecule has 1 aromatic heterocycles. The van der Waals surface area contributed by atoms with E-state index in [4.69, 9.17) is 10.5 Å². The molecule has 0 spiro atoms. The number of amides is 1. The zero-order valence-corrected chi connectivity index (χ0v) is 12.4. The average Bonchev–Trinajstić information content (AvgIpc) is 2.97. The quantitative estimate of drug-likeness (QED) is 0.857. The fourth-order valence-electron chi connectivity index (χ4n) is 2.05. The van der Waals surface area contributed by atoms with Crippen LogP contribution in [0.25, 0.3) is 0 Å². The van der Waals surface area contributed by atoms with Crippen LogP contribution in [-0.2, 0) is 16.9 Å². The van der Waals surface area contributed by atoms with E-state index in [2.05, 4.69) is 5.32 Å². The van der Waals surface area contributed by atoms with Gasteiger partial charge in [-0.3, -0.25) is 10.1 Å². The minimum absolute atomic E-state index is 0.432. The Kier molecular flexibility index (Phi) is 4.42. The van der Waals surface area contributed by atoms with Gasteiger partial charge in [0.25, 0.3) is 0 Å². The first kappa shape index (κ1) is 14.6. The molecule has 4 nitrogen and oxygen atoms in total. The lowest BCUT2D eigenvalue weighted by Crippen LogP contribution is -2.50. The van der Waals surface area contributed by atoms with Gasteiger partial charge in [0.1, 0.15) is 11.3 Å². The van der Waals surface area contributed by atoms with Gasteiger partial charge in [-0.25, -0.2) is 0 Å². The van der Waals surface area contributed by atoms with Gasteiger partial charge in [0.2, 0.25) is 5.91 Å². The number of methoxy groups -OCH3 is 1. The van der Waals surface area contributed by atoms with Crippen molar-refractivity contribution in [1.29, 1.82) is 0 Å². The number of carbonyl (C=O) groups is 1. The van der Waals surface area contributed by atoms with Gasteiger partial charge in [0.15, 0.2) is 0 Å². The van der Waals surface area contributed by atoms with Crippen LogP contribution in [0.3, 0.4) is 0 Å². The summed E-state index contributed by atoms with van der Waals surface area (Å²) in [5.41, 5.74) is 5.38. The van der Waals surface area contributed by atoms with Gasteiger partial charge in [0, 0.05) is 17.0 Å². The highest BCUT2D eigenvalue weighted by Crippen LogP contribution is 2.30. The molecule has 106 valence electrons. The molecule has 0 radical (unpaired) electrons. The molecular weight excluding hydrogens is 272 g/mol. The highest BCUT2D eigenvalue weighted by molar-refractivity contribution is 7.09. The first-order chi connectivity index (χ1) is 9.58. The van der Waals surface area contributed by atoms with Crippen LogP contribution < -0.4 is 15.8 Å². The summed E-state index contributed by atoms with van der Waals surface area (Å²) in [5.74, 6) is 0.214. The number of rotatable bonds is 6. The third-order valence-corrected chi connectivity index (χ3v) is 4.21. The summed E-state index contributed by atoms with van der Waals surface area (Å²) in [6.45, 7) is 2.36. The summed E-state index contributed by atoms with van der Waals surface area (Å²) in [6, 6.07) is 11.4. The molecule has 0 saturated heterocycles. The van der Waals surface area contributed by atoms with Crippen LogP contribution >= 0.6 is 11.3 Å². The molecule has 0 aliphatic rings. The predicted octanol–water partition coefficient (Wildman–Crippen LogP) is 2.25. The minimum Gasteiger partial charge on any atom is -0.496 e. The monoisotopic (exact) mass is 290 g/mol. The van der Waals surface area contributed by atoms with Crippen molar-refractivity contribution in [1.82, 2.24) is 5.32 Å². The summed E-state index contributed by atoms with van der Waals surface area (Å²) in [4.78, 5) is 13.1. The molecule has 0 bridgehead atoms. The van der Waals surface area contributed by atoms with Crippen LogP contribution in [0.15, 0.2) is 41.8 Å². The van der Waals surface area contributed by atoms with Gasteiger partial charge < -0.3 is 10.5 Å². The fourth-order valence-corrected chi connectivity index (χ4v) is 2.69. The van der Waals surface area contributed by atoms with E-state index in [0.717, 1.165) is 10.4 Å². The third kappa shape index (κ3) is 2.84. The van der Waals surface area contributed by atoms with Crippen LogP contribution in [-0.4, -0.2) is 13.0 Å². The van der Waals surface area contributed by atoms with E-state index >= 15 is 0 Å². The smallest absolute Gasteiger partial charge is 0.242 e. The van der Waals surface area contributed by atoms with E-state index in [0.29, 0.717) is 12.3 Å².